The van der Waals surface area contributed by atoms with E-state index in [1.54, 1.807) is 29.6 Å². The number of carbonyl (C=O) groups excluding carboxylic acids is 1. The summed E-state index contributed by atoms with van der Waals surface area (Å²) in [5, 5.41) is 12.6. The fourth-order valence-electron chi connectivity index (χ4n) is 4.19. The van der Waals surface area contributed by atoms with Crippen molar-refractivity contribution in [2.24, 2.45) is 0 Å². The number of hydrogen-bond acceptors (Lipinski definition) is 6. The second kappa shape index (κ2) is 6.48. The van der Waals surface area contributed by atoms with Gasteiger partial charge in [-0.1, -0.05) is 6.42 Å². The molecule has 0 spiro atoms. The first kappa shape index (κ1) is 17.3. The van der Waals surface area contributed by atoms with Crippen molar-refractivity contribution in [2.75, 3.05) is 6.54 Å². The van der Waals surface area contributed by atoms with Crippen molar-refractivity contribution in [1.29, 1.82) is 0 Å². The predicted molar refractivity (Wildman–Crippen MR) is 101 cm³/mol. The Balaban J connectivity index is 1.41. The third kappa shape index (κ3) is 2.56. The molecule has 1 N–H and O–H groups in total. The maximum atomic E-state index is 14.2. The van der Waals surface area contributed by atoms with E-state index >= 15 is 0 Å². The van der Waals surface area contributed by atoms with Crippen LogP contribution in [0.1, 0.15) is 64.9 Å². The van der Waals surface area contributed by atoms with Crippen molar-refractivity contribution in [3.8, 4) is 0 Å². The van der Waals surface area contributed by atoms with Crippen LogP contribution in [0.2, 0.25) is 0 Å². The van der Waals surface area contributed by atoms with E-state index in [4.69, 9.17) is 4.42 Å². The van der Waals surface area contributed by atoms with Crippen LogP contribution in [-0.4, -0.2) is 47.1 Å². The highest BCUT2D eigenvalue weighted by Crippen LogP contribution is 2.37. The van der Waals surface area contributed by atoms with Crippen molar-refractivity contribution >= 4 is 11.4 Å². The van der Waals surface area contributed by atoms with Crippen LogP contribution in [0.3, 0.4) is 0 Å². The van der Waals surface area contributed by atoms with Crippen LogP contribution < -0.4 is 0 Å². The minimum absolute atomic E-state index is 0.0316. The SMILES string of the molecule is O=C(c1nnc(C2CCC2)o1)N1CCc2[nH]cnc2[C@@H]1c1cc2c(F)cccn2n1. The first-order valence-electron chi connectivity index (χ1n) is 9.99. The van der Waals surface area contributed by atoms with Gasteiger partial charge in [-0.25, -0.2) is 13.9 Å². The molecule has 0 radical (unpaired) electrons. The Bertz CT molecular complexity index is 1260. The minimum atomic E-state index is -0.578. The summed E-state index contributed by atoms with van der Waals surface area (Å²) in [6.07, 6.45) is 7.03. The van der Waals surface area contributed by atoms with Crippen molar-refractivity contribution in [3.05, 3.63) is 65.4 Å². The number of aromatic amines is 1. The first-order chi connectivity index (χ1) is 14.7. The van der Waals surface area contributed by atoms with Crippen LogP contribution in [0.4, 0.5) is 4.39 Å². The lowest BCUT2D eigenvalue weighted by Gasteiger charge is -2.32. The molecule has 10 heteroatoms. The van der Waals surface area contributed by atoms with E-state index in [2.05, 4.69) is 25.3 Å². The average molecular weight is 407 g/mol. The molecule has 1 aliphatic heterocycles. The monoisotopic (exact) mass is 407 g/mol. The summed E-state index contributed by atoms with van der Waals surface area (Å²) in [7, 11) is 0. The summed E-state index contributed by atoms with van der Waals surface area (Å²) < 4.78 is 21.4. The lowest BCUT2D eigenvalue weighted by Crippen LogP contribution is -2.41. The van der Waals surface area contributed by atoms with Crippen LogP contribution in [0.15, 0.2) is 35.1 Å². The van der Waals surface area contributed by atoms with Gasteiger partial charge in [0.15, 0.2) is 0 Å². The molecule has 1 atom stereocenters. The van der Waals surface area contributed by atoms with Crippen molar-refractivity contribution in [2.45, 2.75) is 37.6 Å². The summed E-state index contributed by atoms with van der Waals surface area (Å²) >= 11 is 0. The Morgan fingerprint density at radius 2 is 2.20 bits per heavy atom. The van der Waals surface area contributed by atoms with Crippen LogP contribution in [0.5, 0.6) is 0 Å². The van der Waals surface area contributed by atoms with Crippen LogP contribution >= 0.6 is 0 Å². The molecule has 0 aromatic carbocycles. The number of amides is 1. The molecule has 2 aliphatic rings. The number of rotatable bonds is 3. The zero-order chi connectivity index (χ0) is 20.2. The van der Waals surface area contributed by atoms with Gasteiger partial charge in [0, 0.05) is 30.8 Å². The molecular weight excluding hydrogens is 389 g/mol. The summed E-state index contributed by atoms with van der Waals surface area (Å²) in [6, 6.07) is 4.04. The molecule has 1 amide bonds. The first-order valence-corrected chi connectivity index (χ1v) is 9.99. The maximum absolute atomic E-state index is 14.2. The van der Waals surface area contributed by atoms with E-state index in [1.807, 2.05) is 0 Å². The fourth-order valence-corrected chi connectivity index (χ4v) is 4.19. The Hall–Kier alpha value is -3.56. The Labute approximate surface area is 169 Å². The molecule has 1 fully saturated rings. The van der Waals surface area contributed by atoms with Crippen LogP contribution in [0.25, 0.3) is 5.52 Å². The number of halogens is 1. The van der Waals surface area contributed by atoms with Gasteiger partial charge in [0.2, 0.25) is 5.89 Å². The van der Waals surface area contributed by atoms with Crippen LogP contribution in [-0.2, 0) is 6.42 Å². The molecule has 0 unspecified atom stereocenters. The Morgan fingerprint density at radius 3 is 3.00 bits per heavy atom. The van der Waals surface area contributed by atoms with Crippen molar-refractivity contribution in [1.82, 2.24) is 34.7 Å². The molecule has 0 saturated heterocycles. The Morgan fingerprint density at radius 1 is 1.30 bits per heavy atom. The molecule has 30 heavy (non-hydrogen) atoms. The highest BCUT2D eigenvalue weighted by atomic mass is 19.1. The molecule has 6 rings (SSSR count). The van der Waals surface area contributed by atoms with Gasteiger partial charge in [-0.15, -0.1) is 10.2 Å². The fraction of sp³-hybridized carbons (Fsp3) is 0.350. The number of fused-ring (bicyclic) bond motifs is 2. The van der Waals surface area contributed by atoms with Gasteiger partial charge in [-0.3, -0.25) is 4.79 Å². The van der Waals surface area contributed by atoms with E-state index in [-0.39, 0.29) is 23.5 Å². The summed E-state index contributed by atoms with van der Waals surface area (Å²) in [4.78, 5) is 22.5. The highest BCUT2D eigenvalue weighted by molar-refractivity contribution is 5.90. The molecule has 152 valence electrons. The quantitative estimate of drug-likeness (QED) is 0.560. The van der Waals surface area contributed by atoms with Gasteiger partial charge in [0.1, 0.15) is 17.4 Å². The largest absolute Gasteiger partial charge is 0.417 e. The van der Waals surface area contributed by atoms with E-state index in [1.165, 1.54) is 10.6 Å². The number of H-pyrrole nitrogens is 1. The number of carbonyl (C=O) groups is 1. The van der Waals surface area contributed by atoms with Crippen LogP contribution in [0, 0.1) is 5.82 Å². The second-order valence-electron chi connectivity index (χ2n) is 7.75. The number of nitrogens with zero attached hydrogens (tertiary/aromatic N) is 6. The van der Waals surface area contributed by atoms with E-state index in [0.717, 1.165) is 25.0 Å². The number of nitrogens with one attached hydrogen (secondary N) is 1. The molecule has 1 aliphatic carbocycles. The van der Waals surface area contributed by atoms with E-state index in [0.29, 0.717) is 35.8 Å². The standard InChI is InChI=1S/C20H18FN7O2/c21-12-5-2-7-28-15(12)9-14(26-28)17-16-13(22-10-23-16)6-8-27(17)20(29)19-25-24-18(30-19)11-3-1-4-11/h2,5,7,9-11,17H,1,3-4,6,8H2,(H,22,23)/t17-/m0/s1. The number of imidazole rings is 1. The lowest BCUT2D eigenvalue weighted by molar-refractivity contribution is 0.0642. The Kier molecular flexibility index (Phi) is 3.74. The van der Waals surface area contributed by atoms with E-state index < -0.39 is 6.04 Å². The molecule has 4 aromatic heterocycles. The number of pyridine rings is 1. The molecule has 4 aromatic rings. The summed E-state index contributed by atoms with van der Waals surface area (Å²) in [6.45, 7) is 0.427. The number of hydrogen-bond donors (Lipinski definition) is 1. The third-order valence-corrected chi connectivity index (χ3v) is 6.01. The third-order valence-electron chi connectivity index (χ3n) is 6.01. The van der Waals surface area contributed by atoms with Gasteiger partial charge in [-0.2, -0.15) is 5.10 Å². The minimum Gasteiger partial charge on any atom is -0.417 e. The summed E-state index contributed by atoms with van der Waals surface area (Å²) in [5.74, 6) is -0.0155. The van der Waals surface area contributed by atoms with Crippen molar-refractivity contribution < 1.29 is 13.6 Å². The smallest absolute Gasteiger partial charge is 0.312 e. The van der Waals surface area contributed by atoms with Gasteiger partial charge in [0.25, 0.3) is 0 Å². The van der Waals surface area contributed by atoms with Gasteiger partial charge < -0.3 is 14.3 Å². The average Bonchev–Trinajstić information content (AvgIpc) is 3.44. The van der Waals surface area contributed by atoms with Gasteiger partial charge in [0.05, 0.1) is 17.7 Å². The molecule has 5 heterocycles. The zero-order valence-electron chi connectivity index (χ0n) is 16.0. The highest BCUT2D eigenvalue weighted by Gasteiger charge is 2.38. The van der Waals surface area contributed by atoms with Gasteiger partial charge >= 0.3 is 11.8 Å². The molecule has 1 saturated carbocycles. The maximum Gasteiger partial charge on any atom is 0.312 e. The summed E-state index contributed by atoms with van der Waals surface area (Å²) in [5.41, 5.74) is 2.49. The lowest BCUT2D eigenvalue weighted by atomic mass is 9.85. The normalized spacial score (nSPS) is 19.1. The van der Waals surface area contributed by atoms with E-state index in [9.17, 15) is 9.18 Å². The van der Waals surface area contributed by atoms with Crippen molar-refractivity contribution in [3.63, 3.8) is 0 Å². The molecule has 9 nitrogen and oxygen atoms in total. The zero-order valence-corrected chi connectivity index (χ0v) is 16.0. The molecule has 0 bridgehead atoms. The van der Waals surface area contributed by atoms with Gasteiger partial charge in [-0.05, 0) is 31.0 Å². The topological polar surface area (TPSA) is 105 Å². The second-order valence-corrected chi connectivity index (χ2v) is 7.75. The predicted octanol–water partition coefficient (Wildman–Crippen LogP) is 2.63. The molecular formula is C20H18FN7O2. The number of aromatic nitrogens is 6.